The summed E-state index contributed by atoms with van der Waals surface area (Å²) in [6.45, 7) is -1.10. The van der Waals surface area contributed by atoms with Gasteiger partial charge in [-0.15, -0.1) is 0 Å². The number of benzene rings is 1. The molecule has 112 valence electrons. The predicted octanol–water partition coefficient (Wildman–Crippen LogP) is 1.44. The first-order chi connectivity index (χ1) is 9.47. The molecule has 1 rings (SSSR count). The van der Waals surface area contributed by atoms with Gasteiger partial charge in [0.2, 0.25) is 0 Å². The Labute approximate surface area is 116 Å². The molecule has 2 unspecified atom stereocenters. The molecule has 2 atom stereocenters. The van der Waals surface area contributed by atoms with Crippen LogP contribution in [0.5, 0.6) is 5.75 Å². The van der Waals surface area contributed by atoms with Gasteiger partial charge in [-0.1, -0.05) is 12.1 Å². The number of hydrogen-bond donors (Lipinski definition) is 2. The second-order valence-corrected chi connectivity index (χ2v) is 4.14. The zero-order chi connectivity index (χ0) is 15.1. The van der Waals surface area contributed by atoms with E-state index < -0.39 is 12.7 Å². The van der Waals surface area contributed by atoms with Gasteiger partial charge in [0.1, 0.15) is 11.9 Å². The van der Waals surface area contributed by atoms with Crippen LogP contribution in [0.3, 0.4) is 0 Å². The van der Waals surface area contributed by atoms with Crippen LogP contribution in [0.1, 0.15) is 18.5 Å². The topological polar surface area (TPSA) is 73.6 Å². The van der Waals surface area contributed by atoms with Crippen molar-refractivity contribution in [1.82, 2.24) is 5.32 Å². The third kappa shape index (κ3) is 4.75. The number of ether oxygens (including phenoxy) is 2. The van der Waals surface area contributed by atoms with Crippen molar-refractivity contribution in [3.8, 4) is 5.75 Å². The standard InChI is InChI=1S/C13H18F2N2O3/c1-8(17-12(18)11(7-16)19-2)9-4-3-5-10(6-9)20-13(14)15/h3-6,8,11,13H,7,16H2,1-2H3,(H,17,18). The van der Waals surface area contributed by atoms with Crippen molar-refractivity contribution in [1.29, 1.82) is 0 Å². The average Bonchev–Trinajstić information content (AvgIpc) is 2.39. The highest BCUT2D eigenvalue weighted by atomic mass is 19.3. The SMILES string of the molecule is COC(CN)C(=O)NC(C)c1cccc(OC(F)F)c1. The summed E-state index contributed by atoms with van der Waals surface area (Å²) in [5.74, 6) is -0.316. The Morgan fingerprint density at radius 3 is 2.70 bits per heavy atom. The maximum Gasteiger partial charge on any atom is 0.387 e. The largest absolute Gasteiger partial charge is 0.435 e. The Morgan fingerprint density at radius 2 is 2.15 bits per heavy atom. The molecule has 5 nitrogen and oxygen atoms in total. The molecule has 0 aliphatic rings. The lowest BCUT2D eigenvalue weighted by atomic mass is 10.1. The highest BCUT2D eigenvalue weighted by Crippen LogP contribution is 2.20. The van der Waals surface area contributed by atoms with E-state index in [0.717, 1.165) is 0 Å². The van der Waals surface area contributed by atoms with E-state index in [0.29, 0.717) is 5.56 Å². The van der Waals surface area contributed by atoms with Crippen LogP contribution < -0.4 is 15.8 Å². The monoisotopic (exact) mass is 288 g/mol. The lowest BCUT2D eigenvalue weighted by Gasteiger charge is -2.19. The summed E-state index contributed by atoms with van der Waals surface area (Å²) < 4.78 is 33.5. The minimum Gasteiger partial charge on any atom is -0.435 e. The van der Waals surface area contributed by atoms with Gasteiger partial charge in [-0.25, -0.2) is 0 Å². The molecule has 1 aromatic carbocycles. The van der Waals surface area contributed by atoms with E-state index in [2.05, 4.69) is 10.1 Å². The van der Waals surface area contributed by atoms with E-state index in [4.69, 9.17) is 10.5 Å². The van der Waals surface area contributed by atoms with Crippen LogP contribution in [0.2, 0.25) is 0 Å². The normalized spacial score (nSPS) is 13.9. The summed E-state index contributed by atoms with van der Waals surface area (Å²) in [5, 5.41) is 2.69. The molecule has 0 aromatic heterocycles. The van der Waals surface area contributed by atoms with Crippen molar-refractivity contribution >= 4 is 5.91 Å². The first-order valence-corrected chi connectivity index (χ1v) is 6.06. The van der Waals surface area contributed by atoms with Gasteiger partial charge < -0.3 is 20.5 Å². The number of carbonyl (C=O) groups is 1. The molecule has 0 radical (unpaired) electrons. The molecule has 0 fully saturated rings. The number of nitrogens with two attached hydrogens (primary N) is 1. The van der Waals surface area contributed by atoms with Gasteiger partial charge in [-0.3, -0.25) is 4.79 Å². The molecule has 0 spiro atoms. The number of carbonyl (C=O) groups excluding carboxylic acids is 1. The highest BCUT2D eigenvalue weighted by Gasteiger charge is 2.18. The van der Waals surface area contributed by atoms with Crippen LogP contribution in [0.25, 0.3) is 0 Å². The third-order valence-electron chi connectivity index (χ3n) is 2.73. The van der Waals surface area contributed by atoms with E-state index in [1.807, 2.05) is 0 Å². The number of halogens is 2. The van der Waals surface area contributed by atoms with Gasteiger partial charge >= 0.3 is 6.61 Å². The van der Waals surface area contributed by atoms with E-state index in [1.165, 1.54) is 19.2 Å². The summed E-state index contributed by atoms with van der Waals surface area (Å²) in [4.78, 5) is 11.8. The van der Waals surface area contributed by atoms with Crippen LogP contribution in [-0.2, 0) is 9.53 Å². The fourth-order valence-corrected chi connectivity index (χ4v) is 1.66. The quantitative estimate of drug-likeness (QED) is 0.796. The average molecular weight is 288 g/mol. The first kappa shape index (κ1) is 16.3. The van der Waals surface area contributed by atoms with Crippen LogP contribution >= 0.6 is 0 Å². The predicted molar refractivity (Wildman–Crippen MR) is 69.5 cm³/mol. The van der Waals surface area contributed by atoms with Gasteiger partial charge in [0, 0.05) is 13.7 Å². The molecule has 0 saturated heterocycles. The lowest BCUT2D eigenvalue weighted by Crippen LogP contribution is -2.41. The molecule has 0 saturated carbocycles. The molecule has 7 heteroatoms. The summed E-state index contributed by atoms with van der Waals surface area (Å²) >= 11 is 0. The minimum absolute atomic E-state index is 0.0423. The Hall–Kier alpha value is -1.73. The van der Waals surface area contributed by atoms with E-state index in [9.17, 15) is 13.6 Å². The molecule has 0 heterocycles. The summed E-state index contributed by atoms with van der Waals surface area (Å²) in [6, 6.07) is 5.76. The number of rotatable bonds is 7. The van der Waals surface area contributed by atoms with Crippen molar-refractivity contribution in [3.05, 3.63) is 29.8 Å². The summed E-state index contributed by atoms with van der Waals surface area (Å²) in [7, 11) is 1.39. The van der Waals surface area contributed by atoms with E-state index in [1.54, 1.807) is 19.1 Å². The molecular formula is C13H18F2N2O3. The van der Waals surface area contributed by atoms with Gasteiger partial charge in [0.25, 0.3) is 5.91 Å². The Morgan fingerprint density at radius 1 is 1.45 bits per heavy atom. The number of amides is 1. The molecule has 0 aliphatic carbocycles. The smallest absolute Gasteiger partial charge is 0.387 e. The van der Waals surface area contributed by atoms with Crippen molar-refractivity contribution in [3.63, 3.8) is 0 Å². The highest BCUT2D eigenvalue weighted by molar-refractivity contribution is 5.81. The van der Waals surface area contributed by atoms with Crippen LogP contribution in [0.4, 0.5) is 8.78 Å². The van der Waals surface area contributed by atoms with Gasteiger partial charge in [-0.2, -0.15) is 8.78 Å². The Balaban J connectivity index is 2.72. The van der Waals surface area contributed by atoms with E-state index in [-0.39, 0.29) is 24.2 Å². The maximum atomic E-state index is 12.1. The lowest BCUT2D eigenvalue weighted by molar-refractivity contribution is -0.131. The number of nitrogens with one attached hydrogen (secondary N) is 1. The van der Waals surface area contributed by atoms with Gasteiger partial charge in [0.05, 0.1) is 6.04 Å². The Kier molecular flexibility index (Phi) is 6.33. The minimum atomic E-state index is -2.88. The van der Waals surface area contributed by atoms with Crippen molar-refractivity contribution < 1.29 is 23.0 Å². The molecule has 1 aromatic rings. The number of alkyl halides is 2. The molecule has 3 N–H and O–H groups in total. The van der Waals surface area contributed by atoms with Gasteiger partial charge in [0.15, 0.2) is 0 Å². The third-order valence-corrected chi connectivity index (χ3v) is 2.73. The van der Waals surface area contributed by atoms with Crippen molar-refractivity contribution in [2.24, 2.45) is 5.73 Å². The molecular weight excluding hydrogens is 270 g/mol. The fraction of sp³-hybridized carbons (Fsp3) is 0.462. The van der Waals surface area contributed by atoms with Crippen LogP contribution in [0.15, 0.2) is 24.3 Å². The fourth-order valence-electron chi connectivity index (χ4n) is 1.66. The van der Waals surface area contributed by atoms with E-state index >= 15 is 0 Å². The second-order valence-electron chi connectivity index (χ2n) is 4.14. The number of hydrogen-bond acceptors (Lipinski definition) is 4. The zero-order valence-electron chi connectivity index (χ0n) is 11.3. The number of methoxy groups -OCH3 is 1. The Bertz CT molecular complexity index is 439. The first-order valence-electron chi connectivity index (χ1n) is 6.06. The molecule has 20 heavy (non-hydrogen) atoms. The molecule has 0 bridgehead atoms. The summed E-state index contributed by atoms with van der Waals surface area (Å²) in [6.07, 6.45) is -0.738. The summed E-state index contributed by atoms with van der Waals surface area (Å²) in [5.41, 5.74) is 6.03. The second kappa shape index (κ2) is 7.76. The zero-order valence-corrected chi connectivity index (χ0v) is 11.3. The van der Waals surface area contributed by atoms with Crippen molar-refractivity contribution in [2.75, 3.05) is 13.7 Å². The molecule has 0 aliphatic heterocycles. The van der Waals surface area contributed by atoms with Gasteiger partial charge in [-0.05, 0) is 24.6 Å². The van der Waals surface area contributed by atoms with Crippen LogP contribution in [0, 0.1) is 0 Å². The van der Waals surface area contributed by atoms with Crippen molar-refractivity contribution in [2.45, 2.75) is 25.7 Å². The van der Waals surface area contributed by atoms with Crippen LogP contribution in [-0.4, -0.2) is 32.3 Å². The molecule has 1 amide bonds. The maximum absolute atomic E-state index is 12.1.